The van der Waals surface area contributed by atoms with E-state index in [4.69, 9.17) is 0 Å². The van der Waals surface area contributed by atoms with Crippen molar-refractivity contribution in [3.63, 3.8) is 0 Å². The largest absolute Gasteiger partial charge is 0.387 e. The zero-order valence-electron chi connectivity index (χ0n) is 7.64. The van der Waals surface area contributed by atoms with Crippen LogP contribution in [0.15, 0.2) is 17.3 Å². The Labute approximate surface area is 81.6 Å². The molecule has 1 aromatic heterocycles. The van der Waals surface area contributed by atoms with Crippen molar-refractivity contribution < 1.29 is 13.5 Å². The molecule has 0 aliphatic carbocycles. The summed E-state index contributed by atoms with van der Waals surface area (Å²) in [6.07, 6.45) is 2.57. The van der Waals surface area contributed by atoms with Gasteiger partial charge < -0.3 is 5.11 Å². The summed E-state index contributed by atoms with van der Waals surface area (Å²) < 4.78 is 24.7. The molecule has 0 atom stereocenters. The third-order valence-corrected chi connectivity index (χ3v) is 3.90. The molecule has 1 fully saturated rings. The van der Waals surface area contributed by atoms with Gasteiger partial charge in [-0.1, -0.05) is 0 Å². The van der Waals surface area contributed by atoms with Crippen LogP contribution in [0.1, 0.15) is 6.92 Å². The number of hydrogen-bond acceptors (Lipinski definition) is 4. The molecule has 0 aromatic carbocycles. The van der Waals surface area contributed by atoms with Gasteiger partial charge in [-0.15, -0.1) is 0 Å². The van der Waals surface area contributed by atoms with Crippen molar-refractivity contribution in [3.05, 3.63) is 12.4 Å². The lowest BCUT2D eigenvalue weighted by molar-refractivity contribution is -0.0426. The highest BCUT2D eigenvalue weighted by Crippen LogP contribution is 2.26. The van der Waals surface area contributed by atoms with Gasteiger partial charge in [0.25, 0.3) is 0 Å². The van der Waals surface area contributed by atoms with E-state index in [-0.39, 0.29) is 18.0 Å². The van der Waals surface area contributed by atoms with E-state index in [0.717, 1.165) is 0 Å². The number of aliphatic hydroxyl groups is 1. The molecule has 1 aliphatic heterocycles. The van der Waals surface area contributed by atoms with E-state index in [1.54, 1.807) is 6.92 Å². The molecule has 14 heavy (non-hydrogen) atoms. The Kier molecular flexibility index (Phi) is 1.91. The Morgan fingerprint density at radius 3 is 2.71 bits per heavy atom. The molecular weight excluding hydrogens is 206 g/mol. The maximum absolute atomic E-state index is 11.7. The van der Waals surface area contributed by atoms with E-state index in [1.807, 2.05) is 0 Å². The Balaban J connectivity index is 2.21. The first kappa shape index (κ1) is 9.63. The van der Waals surface area contributed by atoms with E-state index in [1.165, 1.54) is 16.7 Å². The van der Waals surface area contributed by atoms with Gasteiger partial charge in [0.15, 0.2) is 0 Å². The molecule has 6 nitrogen and oxygen atoms in total. The summed E-state index contributed by atoms with van der Waals surface area (Å²) in [7, 11) is -3.45. The predicted octanol–water partition coefficient (Wildman–Crippen LogP) is -0.835. The number of sulfonamides is 1. The minimum absolute atomic E-state index is 0.132. The number of rotatable bonds is 2. The summed E-state index contributed by atoms with van der Waals surface area (Å²) in [6.45, 7) is 1.88. The molecule has 0 saturated carbocycles. The van der Waals surface area contributed by atoms with Gasteiger partial charge in [-0.2, -0.15) is 9.40 Å². The molecule has 0 bridgehead atoms. The number of β-amino-alcohol motifs (C(OH)–C–C–N with tert-alkyl or cyclic N) is 1. The van der Waals surface area contributed by atoms with E-state index in [2.05, 4.69) is 10.2 Å². The number of nitrogens with zero attached hydrogens (tertiary/aromatic N) is 2. The minimum atomic E-state index is -3.45. The highest BCUT2D eigenvalue weighted by atomic mass is 32.2. The van der Waals surface area contributed by atoms with E-state index >= 15 is 0 Å². The van der Waals surface area contributed by atoms with Crippen LogP contribution in [0.25, 0.3) is 0 Å². The van der Waals surface area contributed by atoms with Crippen molar-refractivity contribution in [2.75, 3.05) is 13.1 Å². The monoisotopic (exact) mass is 217 g/mol. The second-order valence-electron chi connectivity index (χ2n) is 3.70. The fourth-order valence-electron chi connectivity index (χ4n) is 1.41. The molecule has 2 heterocycles. The lowest BCUT2D eigenvalue weighted by Gasteiger charge is -2.42. The Morgan fingerprint density at radius 2 is 2.29 bits per heavy atom. The molecule has 2 N–H and O–H groups in total. The zero-order chi connectivity index (χ0) is 10.4. The number of nitrogens with one attached hydrogen (secondary N) is 1. The molecule has 78 valence electrons. The van der Waals surface area contributed by atoms with E-state index in [9.17, 15) is 13.5 Å². The fraction of sp³-hybridized carbons (Fsp3) is 0.571. The number of hydrogen-bond donors (Lipinski definition) is 2. The van der Waals surface area contributed by atoms with Gasteiger partial charge in [-0.05, 0) is 6.92 Å². The SMILES string of the molecule is CC1(O)CN(S(=O)(=O)c2cn[nH]c2)C1. The first-order valence-electron chi connectivity index (χ1n) is 4.13. The summed E-state index contributed by atoms with van der Waals surface area (Å²) in [5.41, 5.74) is -0.892. The average Bonchev–Trinajstić information content (AvgIpc) is 2.51. The second-order valence-corrected chi connectivity index (χ2v) is 5.64. The van der Waals surface area contributed by atoms with Crippen LogP contribution in [0.3, 0.4) is 0 Å². The fourth-order valence-corrected chi connectivity index (χ4v) is 2.99. The standard InChI is InChI=1S/C7H11N3O3S/c1-7(11)4-10(5-7)14(12,13)6-2-8-9-3-6/h2-3,11H,4-5H2,1H3,(H,8,9). The molecule has 0 amide bonds. The van der Waals surface area contributed by atoms with Crippen molar-refractivity contribution in [2.45, 2.75) is 17.4 Å². The summed E-state index contributed by atoms with van der Waals surface area (Å²) in [6, 6.07) is 0. The zero-order valence-corrected chi connectivity index (χ0v) is 8.45. The van der Waals surface area contributed by atoms with Crippen LogP contribution in [0, 0.1) is 0 Å². The van der Waals surface area contributed by atoms with Crippen LogP contribution in [-0.4, -0.2) is 46.7 Å². The number of aromatic nitrogens is 2. The van der Waals surface area contributed by atoms with Crippen molar-refractivity contribution >= 4 is 10.0 Å². The lowest BCUT2D eigenvalue weighted by Crippen LogP contribution is -2.61. The second kappa shape index (κ2) is 2.78. The normalized spacial score (nSPS) is 21.9. The highest BCUT2D eigenvalue weighted by Gasteiger charge is 2.44. The van der Waals surface area contributed by atoms with Crippen LogP contribution in [-0.2, 0) is 10.0 Å². The van der Waals surface area contributed by atoms with Crippen LogP contribution in [0.5, 0.6) is 0 Å². The van der Waals surface area contributed by atoms with Crippen molar-refractivity contribution in [2.24, 2.45) is 0 Å². The van der Waals surface area contributed by atoms with E-state index in [0.29, 0.717) is 0 Å². The molecule has 0 spiro atoms. The number of aromatic amines is 1. The van der Waals surface area contributed by atoms with Gasteiger partial charge in [0, 0.05) is 19.3 Å². The van der Waals surface area contributed by atoms with Gasteiger partial charge >= 0.3 is 0 Å². The van der Waals surface area contributed by atoms with Gasteiger partial charge in [0.1, 0.15) is 4.90 Å². The van der Waals surface area contributed by atoms with Crippen LogP contribution < -0.4 is 0 Å². The maximum Gasteiger partial charge on any atom is 0.246 e. The Bertz CT molecular complexity index is 415. The first-order chi connectivity index (χ1) is 6.42. The third-order valence-electron chi connectivity index (χ3n) is 2.14. The van der Waals surface area contributed by atoms with Crippen molar-refractivity contribution in [1.29, 1.82) is 0 Å². The molecule has 1 aromatic rings. The summed E-state index contributed by atoms with van der Waals surface area (Å²) >= 11 is 0. The maximum atomic E-state index is 11.7. The van der Waals surface area contributed by atoms with Crippen molar-refractivity contribution in [3.8, 4) is 0 Å². The third kappa shape index (κ3) is 1.43. The quantitative estimate of drug-likeness (QED) is 0.676. The predicted molar refractivity (Wildman–Crippen MR) is 48.0 cm³/mol. The first-order valence-corrected chi connectivity index (χ1v) is 5.57. The van der Waals surface area contributed by atoms with Gasteiger partial charge in [0.2, 0.25) is 10.0 Å². The van der Waals surface area contributed by atoms with Crippen LogP contribution in [0.4, 0.5) is 0 Å². The number of H-pyrrole nitrogens is 1. The minimum Gasteiger partial charge on any atom is -0.387 e. The van der Waals surface area contributed by atoms with Crippen molar-refractivity contribution in [1.82, 2.24) is 14.5 Å². The molecule has 1 aliphatic rings. The summed E-state index contributed by atoms with van der Waals surface area (Å²) in [5.74, 6) is 0. The lowest BCUT2D eigenvalue weighted by atomic mass is 10.0. The molecule has 0 radical (unpaired) electrons. The summed E-state index contributed by atoms with van der Waals surface area (Å²) in [5, 5.41) is 15.4. The molecular formula is C7H11N3O3S. The molecule has 1 saturated heterocycles. The van der Waals surface area contributed by atoms with Crippen LogP contribution in [0.2, 0.25) is 0 Å². The van der Waals surface area contributed by atoms with E-state index < -0.39 is 15.6 Å². The highest BCUT2D eigenvalue weighted by molar-refractivity contribution is 7.89. The van der Waals surface area contributed by atoms with Gasteiger partial charge in [-0.25, -0.2) is 8.42 Å². The topological polar surface area (TPSA) is 86.3 Å². The Morgan fingerprint density at radius 1 is 1.64 bits per heavy atom. The van der Waals surface area contributed by atoms with Gasteiger partial charge in [0.05, 0.1) is 11.8 Å². The molecule has 0 unspecified atom stereocenters. The van der Waals surface area contributed by atoms with Crippen LogP contribution >= 0.6 is 0 Å². The Hall–Kier alpha value is -0.920. The molecule has 2 rings (SSSR count). The summed E-state index contributed by atoms with van der Waals surface area (Å²) in [4.78, 5) is 0.132. The van der Waals surface area contributed by atoms with Gasteiger partial charge in [-0.3, -0.25) is 5.10 Å². The smallest absolute Gasteiger partial charge is 0.246 e. The molecule has 7 heteroatoms. The average molecular weight is 217 g/mol.